The van der Waals surface area contributed by atoms with Crippen LogP contribution in [0.25, 0.3) is 0 Å². The van der Waals surface area contributed by atoms with E-state index in [0.717, 1.165) is 22.3 Å². The highest BCUT2D eigenvalue weighted by Gasteiger charge is 2.06. The smallest absolute Gasteiger partial charge is 0.224 e. The van der Waals surface area contributed by atoms with E-state index in [1.807, 2.05) is 55.5 Å². The van der Waals surface area contributed by atoms with Gasteiger partial charge in [-0.15, -0.1) is 0 Å². The van der Waals surface area contributed by atoms with Crippen LogP contribution in [-0.4, -0.2) is 5.91 Å². The number of amides is 1. The van der Waals surface area contributed by atoms with Crippen LogP contribution in [0.5, 0.6) is 0 Å². The summed E-state index contributed by atoms with van der Waals surface area (Å²) in [5.41, 5.74) is 10.0. The van der Waals surface area contributed by atoms with E-state index in [1.54, 1.807) is 0 Å². The number of carbonyl (C=O) groups is 1. The fraction of sp³-hybridized carbons (Fsp3) is 0.235. The van der Waals surface area contributed by atoms with Gasteiger partial charge in [0.15, 0.2) is 0 Å². The van der Waals surface area contributed by atoms with Crippen molar-refractivity contribution in [2.75, 3.05) is 0 Å². The highest BCUT2D eigenvalue weighted by Crippen LogP contribution is 2.09. The van der Waals surface area contributed by atoms with Crippen molar-refractivity contribution in [1.82, 2.24) is 5.32 Å². The Morgan fingerprint density at radius 3 is 2.25 bits per heavy atom. The van der Waals surface area contributed by atoms with Gasteiger partial charge in [-0.1, -0.05) is 48.5 Å². The predicted octanol–water partition coefficient (Wildman–Crippen LogP) is 2.31. The molecule has 0 aliphatic heterocycles. The van der Waals surface area contributed by atoms with Crippen LogP contribution in [0.1, 0.15) is 22.3 Å². The Balaban J connectivity index is 1.94. The van der Waals surface area contributed by atoms with Crippen LogP contribution in [0.3, 0.4) is 0 Å². The summed E-state index contributed by atoms with van der Waals surface area (Å²) in [6.45, 7) is 3.04. The number of hydrogen-bond acceptors (Lipinski definition) is 2. The molecule has 0 saturated carbocycles. The van der Waals surface area contributed by atoms with E-state index >= 15 is 0 Å². The monoisotopic (exact) mass is 268 g/mol. The van der Waals surface area contributed by atoms with Crippen LogP contribution in [-0.2, 0) is 24.3 Å². The molecule has 0 aromatic heterocycles. The van der Waals surface area contributed by atoms with Crippen molar-refractivity contribution >= 4 is 5.91 Å². The van der Waals surface area contributed by atoms with Gasteiger partial charge in [-0.2, -0.15) is 0 Å². The second kappa shape index (κ2) is 6.87. The van der Waals surface area contributed by atoms with Gasteiger partial charge in [0.2, 0.25) is 5.91 Å². The quantitative estimate of drug-likeness (QED) is 0.874. The SMILES string of the molecule is Cc1ccccc1CC(=O)NCc1ccccc1CN. The van der Waals surface area contributed by atoms with Crippen molar-refractivity contribution < 1.29 is 4.79 Å². The molecule has 3 N–H and O–H groups in total. The Morgan fingerprint density at radius 2 is 1.60 bits per heavy atom. The summed E-state index contributed by atoms with van der Waals surface area (Å²) >= 11 is 0. The van der Waals surface area contributed by atoms with Crippen molar-refractivity contribution in [1.29, 1.82) is 0 Å². The lowest BCUT2D eigenvalue weighted by Crippen LogP contribution is -2.25. The Morgan fingerprint density at radius 1 is 1.00 bits per heavy atom. The van der Waals surface area contributed by atoms with Gasteiger partial charge in [-0.3, -0.25) is 4.79 Å². The molecule has 0 atom stereocenters. The fourth-order valence-electron chi connectivity index (χ4n) is 2.17. The number of hydrogen-bond donors (Lipinski definition) is 2. The molecule has 0 spiro atoms. The molecule has 104 valence electrons. The molecule has 0 aliphatic rings. The van der Waals surface area contributed by atoms with E-state index < -0.39 is 0 Å². The van der Waals surface area contributed by atoms with Gasteiger partial charge in [-0.25, -0.2) is 0 Å². The molecular formula is C17H20N2O. The van der Waals surface area contributed by atoms with Crippen molar-refractivity contribution in [2.24, 2.45) is 5.73 Å². The molecular weight excluding hydrogens is 248 g/mol. The third kappa shape index (κ3) is 3.68. The lowest BCUT2D eigenvalue weighted by Gasteiger charge is -2.10. The molecule has 2 aromatic rings. The van der Waals surface area contributed by atoms with E-state index in [4.69, 9.17) is 5.73 Å². The molecule has 2 rings (SSSR count). The average Bonchev–Trinajstić information content (AvgIpc) is 2.48. The van der Waals surface area contributed by atoms with Crippen molar-refractivity contribution in [3.8, 4) is 0 Å². The number of nitrogens with one attached hydrogen (secondary N) is 1. The topological polar surface area (TPSA) is 55.1 Å². The Hall–Kier alpha value is -2.13. The van der Waals surface area contributed by atoms with Crippen molar-refractivity contribution in [3.05, 3.63) is 70.8 Å². The largest absolute Gasteiger partial charge is 0.352 e. The number of benzene rings is 2. The molecule has 2 aromatic carbocycles. The maximum absolute atomic E-state index is 12.0. The molecule has 20 heavy (non-hydrogen) atoms. The van der Waals surface area contributed by atoms with E-state index in [-0.39, 0.29) is 5.91 Å². The number of nitrogens with two attached hydrogens (primary N) is 1. The average molecular weight is 268 g/mol. The molecule has 0 fully saturated rings. The molecule has 0 saturated heterocycles. The highest BCUT2D eigenvalue weighted by molar-refractivity contribution is 5.78. The van der Waals surface area contributed by atoms with Crippen LogP contribution >= 0.6 is 0 Å². The van der Waals surface area contributed by atoms with Gasteiger partial charge in [0.25, 0.3) is 0 Å². The van der Waals surface area contributed by atoms with Gasteiger partial charge in [0.05, 0.1) is 6.42 Å². The van der Waals surface area contributed by atoms with Crippen LogP contribution in [0.4, 0.5) is 0 Å². The molecule has 3 heteroatoms. The van der Waals surface area contributed by atoms with E-state index in [2.05, 4.69) is 5.32 Å². The zero-order valence-electron chi connectivity index (χ0n) is 11.7. The zero-order valence-corrected chi connectivity index (χ0v) is 11.7. The third-order valence-corrected chi connectivity index (χ3v) is 3.43. The van der Waals surface area contributed by atoms with Crippen LogP contribution in [0.2, 0.25) is 0 Å². The second-order valence-corrected chi connectivity index (χ2v) is 4.85. The first-order valence-corrected chi connectivity index (χ1v) is 6.78. The first-order valence-electron chi connectivity index (χ1n) is 6.78. The third-order valence-electron chi connectivity index (χ3n) is 3.43. The van der Waals surface area contributed by atoms with Gasteiger partial charge >= 0.3 is 0 Å². The number of rotatable bonds is 5. The van der Waals surface area contributed by atoms with E-state index in [0.29, 0.717) is 19.5 Å². The Labute approximate surface area is 119 Å². The fourth-order valence-corrected chi connectivity index (χ4v) is 2.17. The summed E-state index contributed by atoms with van der Waals surface area (Å²) in [6, 6.07) is 15.9. The molecule has 1 amide bonds. The second-order valence-electron chi connectivity index (χ2n) is 4.85. The molecule has 3 nitrogen and oxygen atoms in total. The Kier molecular flexibility index (Phi) is 4.91. The summed E-state index contributed by atoms with van der Waals surface area (Å²) in [4.78, 5) is 12.0. The van der Waals surface area contributed by atoms with E-state index in [1.165, 1.54) is 0 Å². The summed E-state index contributed by atoms with van der Waals surface area (Å²) in [5, 5.41) is 2.95. The lowest BCUT2D eigenvalue weighted by atomic mass is 10.1. The molecule has 0 unspecified atom stereocenters. The first kappa shape index (κ1) is 14.3. The van der Waals surface area contributed by atoms with Crippen molar-refractivity contribution in [2.45, 2.75) is 26.4 Å². The minimum atomic E-state index is 0.0334. The van der Waals surface area contributed by atoms with Gasteiger partial charge in [-0.05, 0) is 29.2 Å². The maximum atomic E-state index is 12.0. The number of aryl methyl sites for hydroxylation is 1. The van der Waals surface area contributed by atoms with Crippen LogP contribution in [0.15, 0.2) is 48.5 Å². The summed E-state index contributed by atoms with van der Waals surface area (Å²) < 4.78 is 0. The standard InChI is InChI=1S/C17H20N2O/c1-13-6-2-3-7-14(13)10-17(20)19-12-16-9-5-4-8-15(16)11-18/h2-9H,10-12,18H2,1H3,(H,19,20). The van der Waals surface area contributed by atoms with Crippen molar-refractivity contribution in [3.63, 3.8) is 0 Å². The minimum absolute atomic E-state index is 0.0334. The van der Waals surface area contributed by atoms with Crippen LogP contribution in [0, 0.1) is 6.92 Å². The number of carbonyl (C=O) groups excluding carboxylic acids is 1. The summed E-state index contributed by atoms with van der Waals surface area (Å²) in [5.74, 6) is 0.0334. The molecule has 0 aliphatic carbocycles. The first-order chi connectivity index (χ1) is 9.70. The molecule has 0 bridgehead atoms. The highest BCUT2D eigenvalue weighted by atomic mass is 16.1. The summed E-state index contributed by atoms with van der Waals surface area (Å²) in [7, 11) is 0. The van der Waals surface area contributed by atoms with Gasteiger partial charge in [0.1, 0.15) is 0 Å². The minimum Gasteiger partial charge on any atom is -0.352 e. The van der Waals surface area contributed by atoms with E-state index in [9.17, 15) is 4.79 Å². The van der Waals surface area contributed by atoms with Crippen LogP contribution < -0.4 is 11.1 Å². The Bertz CT molecular complexity index is 593. The normalized spacial score (nSPS) is 10.3. The van der Waals surface area contributed by atoms with Gasteiger partial charge in [0, 0.05) is 13.1 Å². The molecule has 0 heterocycles. The lowest BCUT2D eigenvalue weighted by molar-refractivity contribution is -0.120. The summed E-state index contributed by atoms with van der Waals surface area (Å²) in [6.07, 6.45) is 0.414. The molecule has 0 radical (unpaired) electrons. The van der Waals surface area contributed by atoms with Gasteiger partial charge < -0.3 is 11.1 Å². The zero-order chi connectivity index (χ0) is 14.4. The predicted molar refractivity (Wildman–Crippen MR) is 81.1 cm³/mol. The maximum Gasteiger partial charge on any atom is 0.224 e.